The van der Waals surface area contributed by atoms with Crippen LogP contribution < -0.4 is 0 Å². The number of nitrogens with zero attached hydrogens (tertiary/aromatic N) is 3. The summed E-state index contributed by atoms with van der Waals surface area (Å²) in [5.41, 5.74) is 0.984. The second-order valence-electron chi connectivity index (χ2n) is 6.07. The molecule has 0 radical (unpaired) electrons. The van der Waals surface area contributed by atoms with Crippen molar-refractivity contribution in [3.05, 3.63) is 38.5 Å². The molecule has 7 heteroatoms. The summed E-state index contributed by atoms with van der Waals surface area (Å²) >= 11 is 3.41. The Morgan fingerprint density at radius 1 is 1.35 bits per heavy atom. The summed E-state index contributed by atoms with van der Waals surface area (Å²) < 4.78 is 5.79. The van der Waals surface area contributed by atoms with Crippen molar-refractivity contribution in [2.45, 2.75) is 32.2 Å². The lowest BCUT2D eigenvalue weighted by Crippen LogP contribution is -2.53. The van der Waals surface area contributed by atoms with Crippen molar-refractivity contribution >= 4 is 28.6 Å². The second-order valence-corrected chi connectivity index (χ2v) is 8.16. The van der Waals surface area contributed by atoms with Crippen LogP contribution in [-0.2, 0) is 22.6 Å². The highest BCUT2D eigenvalue weighted by atomic mass is 32.1. The zero-order valence-electron chi connectivity index (χ0n) is 13.0. The number of thiazole rings is 1. The topological polar surface area (TPSA) is 45.7 Å². The summed E-state index contributed by atoms with van der Waals surface area (Å²) in [4.78, 5) is 22.6. The number of thiophene rings is 1. The molecule has 0 aromatic carbocycles. The highest BCUT2D eigenvalue weighted by Crippen LogP contribution is 2.27. The third-order valence-electron chi connectivity index (χ3n) is 4.41. The van der Waals surface area contributed by atoms with Gasteiger partial charge in [-0.2, -0.15) is 0 Å². The van der Waals surface area contributed by atoms with E-state index >= 15 is 0 Å². The largest absolute Gasteiger partial charge is 0.365 e. The van der Waals surface area contributed by atoms with Crippen LogP contribution in [0.1, 0.15) is 15.6 Å². The summed E-state index contributed by atoms with van der Waals surface area (Å²) in [6.45, 7) is 5.49. The van der Waals surface area contributed by atoms with E-state index in [1.54, 1.807) is 22.7 Å². The number of hydrogen-bond donors (Lipinski definition) is 0. The summed E-state index contributed by atoms with van der Waals surface area (Å²) in [7, 11) is 0. The van der Waals surface area contributed by atoms with E-state index in [0.717, 1.165) is 30.3 Å². The summed E-state index contributed by atoms with van der Waals surface area (Å²) in [5.74, 6) is 0.0786. The molecule has 0 bridgehead atoms. The standard InChI is InChI=1S/C16H19N3O2S2/c1-11-17-12(10-23-11)5-19-14-7-18(6-13-3-2-4-22-13)8-15(14)21-9-16(19)20/h2-4,10,14-15H,5-9H2,1H3/t14-,15-/m1/s1. The third kappa shape index (κ3) is 3.19. The van der Waals surface area contributed by atoms with Crippen molar-refractivity contribution in [2.24, 2.45) is 0 Å². The number of fused-ring (bicyclic) bond motifs is 1. The van der Waals surface area contributed by atoms with Gasteiger partial charge in [0.2, 0.25) is 5.91 Å². The fourth-order valence-electron chi connectivity index (χ4n) is 3.35. The lowest BCUT2D eigenvalue weighted by molar-refractivity contribution is -0.154. The van der Waals surface area contributed by atoms with E-state index in [1.165, 1.54) is 4.88 Å². The fraction of sp³-hybridized carbons (Fsp3) is 0.500. The molecule has 23 heavy (non-hydrogen) atoms. The maximum Gasteiger partial charge on any atom is 0.249 e. The van der Waals surface area contributed by atoms with E-state index in [9.17, 15) is 4.79 Å². The maximum absolute atomic E-state index is 12.3. The molecule has 0 saturated carbocycles. The molecule has 0 spiro atoms. The molecule has 0 unspecified atom stereocenters. The molecule has 2 atom stereocenters. The predicted molar refractivity (Wildman–Crippen MR) is 90.5 cm³/mol. The van der Waals surface area contributed by atoms with E-state index in [1.807, 2.05) is 17.2 Å². The number of likely N-dealkylation sites (tertiary alicyclic amines) is 1. The average molecular weight is 349 g/mol. The number of morpholine rings is 1. The molecule has 5 nitrogen and oxygen atoms in total. The van der Waals surface area contributed by atoms with Crippen LogP contribution in [0.25, 0.3) is 0 Å². The van der Waals surface area contributed by atoms with Crippen LogP contribution in [0, 0.1) is 6.92 Å². The predicted octanol–water partition coefficient (Wildman–Crippen LogP) is 2.12. The van der Waals surface area contributed by atoms with E-state index in [2.05, 4.69) is 27.4 Å². The van der Waals surface area contributed by atoms with Crippen LogP contribution in [0.2, 0.25) is 0 Å². The molecule has 4 rings (SSSR count). The lowest BCUT2D eigenvalue weighted by Gasteiger charge is -2.36. The Morgan fingerprint density at radius 2 is 2.26 bits per heavy atom. The Balaban J connectivity index is 1.47. The number of hydrogen-bond acceptors (Lipinski definition) is 6. The average Bonchev–Trinajstić information content (AvgIpc) is 3.24. The molecule has 2 aliphatic rings. The van der Waals surface area contributed by atoms with Gasteiger partial charge in [-0.1, -0.05) is 6.07 Å². The van der Waals surface area contributed by atoms with Gasteiger partial charge in [-0.3, -0.25) is 9.69 Å². The molecule has 1 amide bonds. The molecule has 4 heterocycles. The molecule has 2 aromatic rings. The minimum absolute atomic E-state index is 0.0786. The van der Waals surface area contributed by atoms with Crippen molar-refractivity contribution in [1.82, 2.24) is 14.8 Å². The van der Waals surface area contributed by atoms with Crippen LogP contribution >= 0.6 is 22.7 Å². The molecule has 2 aromatic heterocycles. The van der Waals surface area contributed by atoms with Crippen LogP contribution in [0.3, 0.4) is 0 Å². The molecular weight excluding hydrogens is 330 g/mol. The molecular formula is C16H19N3O2S2. The zero-order valence-corrected chi connectivity index (χ0v) is 14.6. The molecule has 2 fully saturated rings. The molecule has 122 valence electrons. The van der Waals surface area contributed by atoms with Crippen LogP contribution in [0.4, 0.5) is 0 Å². The van der Waals surface area contributed by atoms with Gasteiger partial charge in [0, 0.05) is 29.9 Å². The van der Waals surface area contributed by atoms with Crippen molar-refractivity contribution in [3.63, 3.8) is 0 Å². The quantitative estimate of drug-likeness (QED) is 0.848. The van der Waals surface area contributed by atoms with Gasteiger partial charge in [0.05, 0.1) is 29.4 Å². The minimum Gasteiger partial charge on any atom is -0.365 e. The fourth-order valence-corrected chi connectivity index (χ4v) is 4.70. The number of amides is 1. The van der Waals surface area contributed by atoms with Crippen molar-refractivity contribution in [2.75, 3.05) is 19.7 Å². The number of rotatable bonds is 4. The van der Waals surface area contributed by atoms with E-state index < -0.39 is 0 Å². The summed E-state index contributed by atoms with van der Waals surface area (Å²) in [6, 6.07) is 4.38. The van der Waals surface area contributed by atoms with E-state index in [0.29, 0.717) is 6.54 Å². The van der Waals surface area contributed by atoms with Gasteiger partial charge >= 0.3 is 0 Å². The van der Waals surface area contributed by atoms with Crippen molar-refractivity contribution in [1.29, 1.82) is 0 Å². The van der Waals surface area contributed by atoms with Gasteiger partial charge in [-0.25, -0.2) is 4.98 Å². The van der Waals surface area contributed by atoms with Gasteiger partial charge < -0.3 is 9.64 Å². The maximum atomic E-state index is 12.3. The Morgan fingerprint density at radius 3 is 3.00 bits per heavy atom. The van der Waals surface area contributed by atoms with E-state index in [-0.39, 0.29) is 24.7 Å². The minimum atomic E-state index is 0.0786. The molecule has 0 aliphatic carbocycles. The summed E-state index contributed by atoms with van der Waals surface area (Å²) in [5, 5.41) is 5.20. The smallest absolute Gasteiger partial charge is 0.249 e. The SMILES string of the molecule is Cc1nc(CN2C(=O)CO[C@@H]3CN(Cc4cccs4)C[C@H]32)cs1. The van der Waals surface area contributed by atoms with Crippen LogP contribution in [0.5, 0.6) is 0 Å². The second kappa shape index (κ2) is 6.32. The molecule has 2 aliphatic heterocycles. The van der Waals surface area contributed by atoms with Crippen LogP contribution in [-0.4, -0.2) is 52.5 Å². The number of aromatic nitrogens is 1. The molecule has 0 N–H and O–H groups in total. The van der Waals surface area contributed by atoms with Crippen molar-refractivity contribution < 1.29 is 9.53 Å². The lowest BCUT2D eigenvalue weighted by atomic mass is 10.1. The number of carbonyl (C=O) groups excluding carboxylic acids is 1. The number of carbonyl (C=O) groups is 1. The van der Waals surface area contributed by atoms with Gasteiger partial charge in [0.25, 0.3) is 0 Å². The molecule has 2 saturated heterocycles. The first kappa shape index (κ1) is 15.3. The third-order valence-corrected chi connectivity index (χ3v) is 6.10. The number of ether oxygens (including phenoxy) is 1. The Hall–Kier alpha value is -1.28. The highest BCUT2D eigenvalue weighted by molar-refractivity contribution is 7.10. The highest BCUT2D eigenvalue weighted by Gasteiger charge is 2.43. The van der Waals surface area contributed by atoms with Gasteiger partial charge in [-0.15, -0.1) is 22.7 Å². The first-order valence-electron chi connectivity index (χ1n) is 7.76. The normalized spacial score (nSPS) is 25.1. The van der Waals surface area contributed by atoms with Gasteiger partial charge in [0.15, 0.2) is 0 Å². The van der Waals surface area contributed by atoms with E-state index in [4.69, 9.17) is 4.74 Å². The van der Waals surface area contributed by atoms with Crippen molar-refractivity contribution in [3.8, 4) is 0 Å². The van der Waals surface area contributed by atoms with Crippen LogP contribution in [0.15, 0.2) is 22.9 Å². The first-order valence-corrected chi connectivity index (χ1v) is 9.52. The number of aryl methyl sites for hydroxylation is 1. The Bertz CT molecular complexity index is 685. The Labute approximate surface area is 143 Å². The van der Waals surface area contributed by atoms with Gasteiger partial charge in [0.1, 0.15) is 6.61 Å². The zero-order chi connectivity index (χ0) is 15.8. The Kier molecular flexibility index (Phi) is 4.19. The first-order chi connectivity index (χ1) is 11.2. The summed E-state index contributed by atoms with van der Waals surface area (Å²) in [6.07, 6.45) is 0.118. The monoisotopic (exact) mass is 349 g/mol. The van der Waals surface area contributed by atoms with Gasteiger partial charge in [-0.05, 0) is 18.4 Å².